The van der Waals surface area contributed by atoms with Crippen LogP contribution in [0.2, 0.25) is 0 Å². The lowest BCUT2D eigenvalue weighted by Gasteiger charge is -2.33. The van der Waals surface area contributed by atoms with Crippen LogP contribution in [0.15, 0.2) is 84.9 Å². The van der Waals surface area contributed by atoms with Crippen molar-refractivity contribution < 1.29 is 9.47 Å². The molecule has 1 saturated heterocycles. The highest BCUT2D eigenvalue weighted by Gasteiger charge is 2.80. The van der Waals surface area contributed by atoms with E-state index in [0.717, 1.165) is 12.8 Å². The maximum absolute atomic E-state index is 7.00. The Morgan fingerprint density at radius 3 is 1.71 bits per heavy atom. The second-order valence-corrected chi connectivity index (χ2v) is 10.4. The van der Waals surface area contributed by atoms with Crippen molar-refractivity contribution in [2.24, 2.45) is 11.3 Å². The average molecular weight is 411 g/mol. The molecule has 2 nitrogen and oxygen atoms in total. The summed E-state index contributed by atoms with van der Waals surface area (Å²) in [5.74, 6) is -0.146. The summed E-state index contributed by atoms with van der Waals surface area (Å²) in [7, 11) is 0. The standard InChI is InChI=1S/C29H30O2/c1-20-14-16-23(17-15-20)28-18-24(28)29(19-27(28,2)3)30-25(21-10-6-4-7-11-21)26(31-29)22-12-8-5-9-13-22/h4-17,24-26H,18-19H2,1-3H3/t24-,25-,26-,28-/m1/s1. The highest BCUT2D eigenvalue weighted by Crippen LogP contribution is 2.79. The first-order chi connectivity index (χ1) is 15.0. The lowest BCUT2D eigenvalue weighted by molar-refractivity contribution is -0.192. The molecule has 2 saturated carbocycles. The van der Waals surface area contributed by atoms with Crippen molar-refractivity contribution in [1.82, 2.24) is 0 Å². The highest BCUT2D eigenvalue weighted by molar-refractivity contribution is 5.44. The number of rotatable bonds is 3. The second-order valence-electron chi connectivity index (χ2n) is 10.4. The van der Waals surface area contributed by atoms with E-state index < -0.39 is 5.79 Å². The van der Waals surface area contributed by atoms with E-state index in [0.29, 0.717) is 5.92 Å². The quantitative estimate of drug-likeness (QED) is 0.467. The molecule has 31 heavy (non-hydrogen) atoms. The molecule has 1 spiro atoms. The van der Waals surface area contributed by atoms with Crippen molar-refractivity contribution in [3.8, 4) is 0 Å². The smallest absolute Gasteiger partial charge is 0.174 e. The number of ether oxygens (including phenoxy) is 2. The molecule has 0 amide bonds. The Morgan fingerprint density at radius 2 is 1.23 bits per heavy atom. The Kier molecular flexibility index (Phi) is 4.07. The number of hydrogen-bond acceptors (Lipinski definition) is 2. The minimum absolute atomic E-state index is 0.0891. The number of benzene rings is 3. The predicted molar refractivity (Wildman–Crippen MR) is 123 cm³/mol. The SMILES string of the molecule is Cc1ccc([C@]23C[C@H]2C2(CC3(C)C)O[C@H](c3ccccc3)[C@@H](c3ccccc3)O2)cc1. The van der Waals surface area contributed by atoms with E-state index in [1.54, 1.807) is 0 Å². The molecule has 1 aliphatic heterocycles. The first kappa shape index (κ1) is 19.3. The van der Waals surface area contributed by atoms with Crippen molar-refractivity contribution >= 4 is 0 Å². The summed E-state index contributed by atoms with van der Waals surface area (Å²) >= 11 is 0. The van der Waals surface area contributed by atoms with Crippen LogP contribution in [0, 0.1) is 18.3 Å². The molecule has 3 aromatic carbocycles. The summed E-state index contributed by atoms with van der Waals surface area (Å²) in [5.41, 5.74) is 5.38. The van der Waals surface area contributed by atoms with Crippen molar-refractivity contribution in [1.29, 1.82) is 0 Å². The van der Waals surface area contributed by atoms with Crippen LogP contribution < -0.4 is 0 Å². The lowest BCUT2D eigenvalue weighted by atomic mass is 9.72. The van der Waals surface area contributed by atoms with Gasteiger partial charge < -0.3 is 9.47 Å². The van der Waals surface area contributed by atoms with Crippen molar-refractivity contribution in [2.45, 2.75) is 57.0 Å². The van der Waals surface area contributed by atoms with Crippen LogP contribution in [-0.2, 0) is 14.9 Å². The Morgan fingerprint density at radius 1 is 0.710 bits per heavy atom. The Labute approximate surface area is 185 Å². The topological polar surface area (TPSA) is 18.5 Å². The van der Waals surface area contributed by atoms with E-state index in [9.17, 15) is 0 Å². The summed E-state index contributed by atoms with van der Waals surface area (Å²) in [6, 6.07) is 30.3. The molecule has 158 valence electrons. The van der Waals surface area contributed by atoms with Gasteiger partial charge in [0.15, 0.2) is 5.79 Å². The van der Waals surface area contributed by atoms with E-state index in [-0.39, 0.29) is 23.0 Å². The van der Waals surface area contributed by atoms with Crippen LogP contribution in [0.4, 0.5) is 0 Å². The largest absolute Gasteiger partial charge is 0.339 e. The first-order valence-corrected chi connectivity index (χ1v) is 11.5. The van der Waals surface area contributed by atoms with Gasteiger partial charge in [-0.3, -0.25) is 0 Å². The molecule has 3 fully saturated rings. The monoisotopic (exact) mass is 410 g/mol. The summed E-state index contributed by atoms with van der Waals surface area (Å²) in [6.45, 7) is 6.97. The predicted octanol–water partition coefficient (Wildman–Crippen LogP) is 6.91. The van der Waals surface area contributed by atoms with Gasteiger partial charge in [0.25, 0.3) is 0 Å². The molecule has 4 atom stereocenters. The van der Waals surface area contributed by atoms with Gasteiger partial charge in [-0.2, -0.15) is 0 Å². The molecule has 2 heteroatoms. The molecule has 0 radical (unpaired) electrons. The molecule has 3 aliphatic rings. The van der Waals surface area contributed by atoms with Crippen molar-refractivity contribution in [3.63, 3.8) is 0 Å². The van der Waals surface area contributed by atoms with Crippen LogP contribution in [0.3, 0.4) is 0 Å². The van der Waals surface area contributed by atoms with Gasteiger partial charge in [-0.15, -0.1) is 0 Å². The van der Waals surface area contributed by atoms with E-state index in [2.05, 4.69) is 106 Å². The number of fused-ring (bicyclic) bond motifs is 2. The van der Waals surface area contributed by atoms with Gasteiger partial charge in [0.05, 0.1) is 0 Å². The maximum atomic E-state index is 7.00. The summed E-state index contributed by atoms with van der Waals surface area (Å²) in [4.78, 5) is 0. The fourth-order valence-electron chi connectivity index (χ4n) is 6.60. The number of hydrogen-bond donors (Lipinski definition) is 0. The highest BCUT2D eigenvalue weighted by atomic mass is 16.8. The van der Waals surface area contributed by atoms with Gasteiger partial charge in [-0.1, -0.05) is 104 Å². The van der Waals surface area contributed by atoms with E-state index in [1.807, 2.05) is 0 Å². The Hall–Kier alpha value is -2.42. The minimum atomic E-state index is -0.532. The van der Waals surface area contributed by atoms with Crippen LogP contribution in [0.5, 0.6) is 0 Å². The minimum Gasteiger partial charge on any atom is -0.339 e. The summed E-state index contributed by atoms with van der Waals surface area (Å²) in [6.07, 6.45) is 1.87. The molecule has 0 aromatic heterocycles. The molecule has 0 unspecified atom stereocenters. The Bertz CT molecular complexity index is 1040. The third-order valence-electron chi connectivity index (χ3n) is 8.14. The van der Waals surface area contributed by atoms with Gasteiger partial charge in [0, 0.05) is 17.8 Å². The second kappa shape index (κ2) is 6.54. The van der Waals surface area contributed by atoms with Gasteiger partial charge in [-0.25, -0.2) is 0 Å². The van der Waals surface area contributed by atoms with Gasteiger partial charge >= 0.3 is 0 Å². The fourth-order valence-corrected chi connectivity index (χ4v) is 6.60. The maximum Gasteiger partial charge on any atom is 0.174 e. The van der Waals surface area contributed by atoms with E-state index in [4.69, 9.17) is 9.47 Å². The van der Waals surface area contributed by atoms with E-state index >= 15 is 0 Å². The molecule has 0 N–H and O–H groups in total. The zero-order chi connectivity index (χ0) is 21.3. The van der Waals surface area contributed by atoms with Crippen LogP contribution in [0.1, 0.15) is 61.2 Å². The zero-order valence-corrected chi connectivity index (χ0v) is 18.5. The molecule has 1 heterocycles. The average Bonchev–Trinajstić information content (AvgIpc) is 3.42. The lowest BCUT2D eigenvalue weighted by Crippen LogP contribution is -2.33. The third kappa shape index (κ3) is 2.71. The van der Waals surface area contributed by atoms with Crippen molar-refractivity contribution in [2.75, 3.05) is 0 Å². The van der Waals surface area contributed by atoms with Crippen LogP contribution in [0.25, 0.3) is 0 Å². The van der Waals surface area contributed by atoms with Crippen LogP contribution in [-0.4, -0.2) is 5.79 Å². The van der Waals surface area contributed by atoms with Gasteiger partial charge in [-0.05, 0) is 35.4 Å². The molecule has 6 rings (SSSR count). The first-order valence-electron chi connectivity index (χ1n) is 11.5. The van der Waals surface area contributed by atoms with Gasteiger partial charge in [0.1, 0.15) is 12.2 Å². The van der Waals surface area contributed by atoms with Crippen molar-refractivity contribution in [3.05, 3.63) is 107 Å². The van der Waals surface area contributed by atoms with Gasteiger partial charge in [0.2, 0.25) is 0 Å². The fraction of sp³-hybridized carbons (Fsp3) is 0.379. The zero-order valence-electron chi connectivity index (χ0n) is 18.5. The Balaban J connectivity index is 1.42. The molecule has 3 aromatic rings. The molecular formula is C29H30O2. The number of aryl methyl sites for hydroxylation is 1. The van der Waals surface area contributed by atoms with Crippen LogP contribution >= 0.6 is 0 Å². The molecular weight excluding hydrogens is 380 g/mol. The molecule has 2 aliphatic carbocycles. The molecule has 0 bridgehead atoms. The van der Waals surface area contributed by atoms with E-state index in [1.165, 1.54) is 22.3 Å². The summed E-state index contributed by atoms with van der Waals surface area (Å²) < 4.78 is 14.0. The summed E-state index contributed by atoms with van der Waals surface area (Å²) in [5, 5.41) is 0. The third-order valence-corrected chi connectivity index (χ3v) is 8.14. The normalized spacial score (nSPS) is 32.2.